The number of halogens is 1. The number of esters is 1. The van der Waals surface area contributed by atoms with Crippen LogP contribution in [0.1, 0.15) is 46.1 Å². The summed E-state index contributed by atoms with van der Waals surface area (Å²) >= 11 is 6.63. The normalized spacial score (nSPS) is 31.3. The molecular formula is C31H41ClN2O6. The Labute approximate surface area is 241 Å². The van der Waals surface area contributed by atoms with E-state index in [-0.39, 0.29) is 43.4 Å². The maximum Gasteiger partial charge on any atom is 0.312 e. The molecule has 3 heterocycles. The van der Waals surface area contributed by atoms with E-state index in [1.54, 1.807) is 23.1 Å². The Hall–Kier alpha value is -2.68. The molecular weight excluding hydrogens is 532 g/mol. The third kappa shape index (κ3) is 4.48. The Morgan fingerprint density at radius 2 is 2.02 bits per heavy atom. The number of aliphatic hydroxyl groups excluding tert-OH is 1. The number of nitrogens with zero attached hydrogens (tertiary/aromatic N) is 2. The number of aryl methyl sites for hydroxylation is 1. The molecule has 3 aliphatic rings. The number of likely N-dealkylation sites (tertiary alicyclic amines) is 1. The van der Waals surface area contributed by atoms with Crippen LogP contribution in [0, 0.1) is 30.6 Å². The van der Waals surface area contributed by atoms with Crippen LogP contribution < -0.4 is 4.90 Å². The molecule has 2 amide bonds. The number of amides is 2. The molecule has 3 unspecified atom stereocenters. The Bertz CT molecular complexity index is 1180. The smallest absolute Gasteiger partial charge is 0.312 e. The highest BCUT2D eigenvalue weighted by molar-refractivity contribution is 6.34. The number of aliphatic hydroxyl groups is 1. The van der Waals surface area contributed by atoms with Crippen LogP contribution in [0.3, 0.4) is 0 Å². The van der Waals surface area contributed by atoms with E-state index < -0.39 is 41.1 Å². The molecule has 3 fully saturated rings. The zero-order chi connectivity index (χ0) is 29.6. The van der Waals surface area contributed by atoms with Gasteiger partial charge in [0.2, 0.25) is 5.91 Å². The Morgan fingerprint density at radius 3 is 2.60 bits per heavy atom. The van der Waals surface area contributed by atoms with Gasteiger partial charge >= 0.3 is 5.97 Å². The average Bonchev–Trinajstić information content (AvgIpc) is 3.40. The summed E-state index contributed by atoms with van der Waals surface area (Å²) in [5, 5.41) is 10.9. The lowest BCUT2D eigenvalue weighted by Crippen LogP contribution is -2.60. The van der Waals surface area contributed by atoms with Crippen molar-refractivity contribution in [2.45, 2.75) is 70.7 Å². The van der Waals surface area contributed by atoms with E-state index in [0.717, 1.165) is 5.56 Å². The van der Waals surface area contributed by atoms with Gasteiger partial charge in [0, 0.05) is 6.54 Å². The van der Waals surface area contributed by atoms with Crippen LogP contribution in [0.4, 0.5) is 5.69 Å². The summed E-state index contributed by atoms with van der Waals surface area (Å²) in [4.78, 5) is 45.8. The van der Waals surface area contributed by atoms with Crippen LogP contribution in [0.25, 0.3) is 0 Å². The van der Waals surface area contributed by atoms with Gasteiger partial charge in [-0.15, -0.1) is 13.2 Å². The van der Waals surface area contributed by atoms with Crippen molar-refractivity contribution >= 4 is 35.1 Å². The highest BCUT2D eigenvalue weighted by Gasteiger charge is 2.81. The van der Waals surface area contributed by atoms with Crippen molar-refractivity contribution < 1.29 is 29.0 Å². The van der Waals surface area contributed by atoms with Gasteiger partial charge < -0.3 is 24.4 Å². The Morgan fingerprint density at radius 1 is 1.32 bits per heavy atom. The van der Waals surface area contributed by atoms with Crippen molar-refractivity contribution in [3.8, 4) is 0 Å². The van der Waals surface area contributed by atoms with E-state index in [9.17, 15) is 19.5 Å². The standard InChI is InChI=1S/C31H41ClN2O6/c1-8-10-15-39-29(38)24-23-27(36)34(22(17-35)18(3)4)26(31(23)16-20(6)30(24,7)40-31)28(37)33(14-9-2)25-19(5)12-11-13-21(25)32/h8-9,11-13,18,20,22-24,26,35H,1-2,10,14-17H2,3-7H3/t20?,22-,23-,24+,26?,30-,31?/m0/s1. The summed E-state index contributed by atoms with van der Waals surface area (Å²) in [6.45, 7) is 17.0. The first-order valence-corrected chi connectivity index (χ1v) is 14.4. The molecule has 1 spiro atoms. The van der Waals surface area contributed by atoms with Crippen LogP contribution in [0.5, 0.6) is 0 Å². The lowest BCUT2D eigenvalue weighted by atomic mass is 9.62. The number of benzene rings is 1. The number of carbonyl (C=O) groups excluding carboxylic acids is 3. The van der Waals surface area contributed by atoms with E-state index in [1.807, 2.05) is 46.8 Å². The first-order chi connectivity index (χ1) is 18.9. The minimum Gasteiger partial charge on any atom is -0.465 e. The number of hydrogen-bond acceptors (Lipinski definition) is 6. The molecule has 9 heteroatoms. The molecule has 2 bridgehead atoms. The minimum absolute atomic E-state index is 0.134. The number of fused-ring (bicyclic) bond motifs is 1. The molecule has 1 aromatic rings. The lowest BCUT2D eigenvalue weighted by molar-refractivity contribution is -0.162. The van der Waals surface area contributed by atoms with Crippen molar-refractivity contribution in [2.24, 2.45) is 23.7 Å². The average molecular weight is 573 g/mol. The highest BCUT2D eigenvalue weighted by atomic mass is 35.5. The molecule has 3 aliphatic heterocycles. The number of rotatable bonds is 11. The van der Waals surface area contributed by atoms with Gasteiger partial charge in [-0.25, -0.2) is 0 Å². The summed E-state index contributed by atoms with van der Waals surface area (Å²) in [5.74, 6) is -3.40. The molecule has 218 valence electrons. The van der Waals surface area contributed by atoms with Gasteiger partial charge in [0.15, 0.2) is 0 Å². The minimum atomic E-state index is -1.28. The predicted molar refractivity (Wildman–Crippen MR) is 154 cm³/mol. The second kappa shape index (κ2) is 11.3. The Balaban J connectivity index is 1.89. The van der Waals surface area contributed by atoms with Crippen molar-refractivity contribution in [1.29, 1.82) is 0 Å². The van der Waals surface area contributed by atoms with Crippen molar-refractivity contribution in [2.75, 3.05) is 24.7 Å². The number of carbonyl (C=O) groups is 3. The topological polar surface area (TPSA) is 96.4 Å². The second-order valence-electron chi connectivity index (χ2n) is 11.8. The van der Waals surface area contributed by atoms with E-state index in [0.29, 0.717) is 23.6 Å². The van der Waals surface area contributed by atoms with E-state index in [4.69, 9.17) is 21.1 Å². The molecule has 1 N–H and O–H groups in total. The van der Waals surface area contributed by atoms with Crippen molar-refractivity contribution in [3.05, 3.63) is 54.1 Å². The number of hydrogen-bond donors (Lipinski definition) is 1. The fourth-order valence-corrected chi connectivity index (χ4v) is 7.48. The molecule has 3 saturated heterocycles. The van der Waals surface area contributed by atoms with Crippen molar-refractivity contribution in [3.63, 3.8) is 0 Å². The first-order valence-electron chi connectivity index (χ1n) is 14.0. The third-order valence-electron chi connectivity index (χ3n) is 9.16. The number of para-hydroxylation sites is 1. The maximum atomic E-state index is 14.8. The fraction of sp³-hybridized carbons (Fsp3) is 0.581. The van der Waals surface area contributed by atoms with Crippen LogP contribution in [-0.4, -0.2) is 70.8 Å². The van der Waals surface area contributed by atoms with Crippen molar-refractivity contribution in [1.82, 2.24) is 4.90 Å². The van der Waals surface area contributed by atoms with E-state index in [2.05, 4.69) is 13.2 Å². The summed E-state index contributed by atoms with van der Waals surface area (Å²) in [5.41, 5.74) is -0.956. The predicted octanol–water partition coefficient (Wildman–Crippen LogP) is 4.31. The molecule has 0 radical (unpaired) electrons. The van der Waals surface area contributed by atoms with Gasteiger partial charge in [-0.2, -0.15) is 0 Å². The van der Waals surface area contributed by atoms with Gasteiger partial charge in [-0.1, -0.05) is 56.7 Å². The lowest BCUT2D eigenvalue weighted by Gasteiger charge is -2.41. The van der Waals surface area contributed by atoms with E-state index in [1.165, 1.54) is 4.90 Å². The Kier molecular flexibility index (Phi) is 8.56. The summed E-state index contributed by atoms with van der Waals surface area (Å²) in [6.07, 6.45) is 4.16. The van der Waals surface area contributed by atoms with Crippen LogP contribution in [0.15, 0.2) is 43.5 Å². The number of anilines is 1. The van der Waals surface area contributed by atoms with Crippen LogP contribution in [0.2, 0.25) is 5.02 Å². The summed E-state index contributed by atoms with van der Waals surface area (Å²) in [7, 11) is 0. The molecule has 40 heavy (non-hydrogen) atoms. The molecule has 8 nitrogen and oxygen atoms in total. The molecule has 1 aromatic carbocycles. The van der Waals surface area contributed by atoms with E-state index >= 15 is 0 Å². The fourth-order valence-electron chi connectivity index (χ4n) is 7.16. The van der Waals surface area contributed by atoms with Crippen LogP contribution >= 0.6 is 11.6 Å². The second-order valence-corrected chi connectivity index (χ2v) is 12.2. The zero-order valence-electron chi connectivity index (χ0n) is 24.1. The summed E-state index contributed by atoms with van der Waals surface area (Å²) in [6, 6.07) is 3.64. The highest BCUT2D eigenvalue weighted by Crippen LogP contribution is 2.66. The molecule has 4 rings (SSSR count). The molecule has 0 aliphatic carbocycles. The number of ether oxygens (including phenoxy) is 2. The molecule has 7 atom stereocenters. The largest absolute Gasteiger partial charge is 0.465 e. The first kappa shape index (κ1) is 30.3. The van der Waals surface area contributed by atoms with Gasteiger partial charge in [0.05, 0.1) is 41.5 Å². The van der Waals surface area contributed by atoms with Gasteiger partial charge in [0.25, 0.3) is 5.91 Å². The quantitative estimate of drug-likeness (QED) is 0.241. The van der Waals surface area contributed by atoms with Crippen LogP contribution in [-0.2, 0) is 23.9 Å². The molecule has 0 aromatic heterocycles. The zero-order valence-corrected chi connectivity index (χ0v) is 24.8. The van der Waals surface area contributed by atoms with Gasteiger partial charge in [0.1, 0.15) is 17.6 Å². The SMILES string of the molecule is C=CCCOC(=O)[C@H]1[C@H]2C(=O)N([C@@H](CO)C(C)C)C(C(=O)N(CC=C)c3c(C)cccc3Cl)C23CC(C)[C@]1(C)O3. The maximum absolute atomic E-state index is 14.8. The third-order valence-corrected chi connectivity index (χ3v) is 9.46. The summed E-state index contributed by atoms with van der Waals surface area (Å²) < 4.78 is 12.4. The van der Waals surface area contributed by atoms with Gasteiger partial charge in [-0.3, -0.25) is 14.4 Å². The monoisotopic (exact) mass is 572 g/mol. The molecule has 0 saturated carbocycles. The van der Waals surface area contributed by atoms with Gasteiger partial charge in [-0.05, 0) is 50.2 Å².